The molecule has 0 aromatic carbocycles. The quantitative estimate of drug-likeness (QED) is 0.776. The van der Waals surface area contributed by atoms with Crippen LogP contribution in [0.1, 0.15) is 66.1 Å². The molecule has 0 saturated carbocycles. The summed E-state index contributed by atoms with van der Waals surface area (Å²) in [5.41, 5.74) is 0. The lowest BCUT2D eigenvalue weighted by Gasteiger charge is -2.33. The van der Waals surface area contributed by atoms with Crippen molar-refractivity contribution < 1.29 is 0 Å². The predicted molar refractivity (Wildman–Crippen MR) is 92.2 cm³/mol. The van der Waals surface area contributed by atoms with E-state index in [2.05, 4.69) is 62.8 Å². The maximum Gasteiger partial charge on any atom is 0.135 e. The molecule has 0 fully saturated rings. The van der Waals surface area contributed by atoms with Gasteiger partial charge >= 0.3 is 0 Å². The normalized spacial score (nSPS) is 11.5. The van der Waals surface area contributed by atoms with Crippen molar-refractivity contribution in [3.63, 3.8) is 0 Å². The Morgan fingerprint density at radius 3 is 2.14 bits per heavy atom. The molecule has 0 aliphatic heterocycles. The molecular weight excluding hydrogens is 260 g/mol. The SMILES string of the molecule is CCC(CC)N(CC(C)C)c1cc(NC)nc(C(C)C)n1. The summed E-state index contributed by atoms with van der Waals surface area (Å²) >= 11 is 0. The molecule has 120 valence electrons. The van der Waals surface area contributed by atoms with Gasteiger partial charge in [0.15, 0.2) is 0 Å². The summed E-state index contributed by atoms with van der Waals surface area (Å²) in [7, 11) is 1.92. The van der Waals surface area contributed by atoms with Gasteiger partial charge in [-0.1, -0.05) is 41.5 Å². The molecule has 0 radical (unpaired) electrons. The number of nitrogens with one attached hydrogen (secondary N) is 1. The molecule has 1 aromatic rings. The molecule has 0 bridgehead atoms. The molecule has 4 heteroatoms. The zero-order valence-corrected chi connectivity index (χ0v) is 14.8. The number of nitrogens with zero attached hydrogens (tertiary/aromatic N) is 3. The van der Waals surface area contributed by atoms with Gasteiger partial charge in [0.25, 0.3) is 0 Å². The summed E-state index contributed by atoms with van der Waals surface area (Å²) in [5, 5.41) is 3.17. The van der Waals surface area contributed by atoms with Crippen LogP contribution < -0.4 is 10.2 Å². The van der Waals surface area contributed by atoms with Crippen LogP contribution >= 0.6 is 0 Å². The molecule has 0 spiro atoms. The van der Waals surface area contributed by atoms with E-state index in [9.17, 15) is 0 Å². The van der Waals surface area contributed by atoms with Gasteiger partial charge in [0.2, 0.25) is 0 Å². The average Bonchev–Trinajstić information content (AvgIpc) is 2.46. The van der Waals surface area contributed by atoms with E-state index in [1.54, 1.807) is 0 Å². The Kier molecular flexibility index (Phi) is 6.93. The molecule has 0 aliphatic carbocycles. The Morgan fingerprint density at radius 2 is 1.71 bits per heavy atom. The molecule has 4 nitrogen and oxygen atoms in total. The fourth-order valence-corrected chi connectivity index (χ4v) is 2.54. The summed E-state index contributed by atoms with van der Waals surface area (Å²) in [4.78, 5) is 11.9. The van der Waals surface area contributed by atoms with E-state index in [0.29, 0.717) is 17.9 Å². The van der Waals surface area contributed by atoms with Crippen molar-refractivity contribution in [3.8, 4) is 0 Å². The summed E-state index contributed by atoms with van der Waals surface area (Å²) in [6.45, 7) is 14.4. The van der Waals surface area contributed by atoms with Crippen LogP contribution in [0.5, 0.6) is 0 Å². The third kappa shape index (κ3) is 4.87. The average molecular weight is 292 g/mol. The van der Waals surface area contributed by atoms with Crippen LogP contribution in [0, 0.1) is 5.92 Å². The van der Waals surface area contributed by atoms with Gasteiger partial charge < -0.3 is 10.2 Å². The van der Waals surface area contributed by atoms with Gasteiger partial charge in [-0.3, -0.25) is 0 Å². The van der Waals surface area contributed by atoms with E-state index in [0.717, 1.165) is 36.8 Å². The summed E-state index contributed by atoms with van der Waals surface area (Å²) in [6, 6.07) is 2.61. The second-order valence-electron chi connectivity index (χ2n) is 6.39. The van der Waals surface area contributed by atoms with E-state index < -0.39 is 0 Å². The fourth-order valence-electron chi connectivity index (χ4n) is 2.54. The van der Waals surface area contributed by atoms with Crippen LogP contribution in [0.2, 0.25) is 0 Å². The lowest BCUT2D eigenvalue weighted by molar-refractivity contribution is 0.502. The first kappa shape index (κ1) is 17.7. The van der Waals surface area contributed by atoms with Crippen LogP contribution in [-0.2, 0) is 0 Å². The largest absolute Gasteiger partial charge is 0.373 e. The van der Waals surface area contributed by atoms with Crippen molar-refractivity contribution >= 4 is 11.6 Å². The predicted octanol–water partition coefficient (Wildman–Crippen LogP) is 4.29. The van der Waals surface area contributed by atoms with Gasteiger partial charge in [-0.25, -0.2) is 9.97 Å². The van der Waals surface area contributed by atoms with E-state index in [-0.39, 0.29) is 0 Å². The highest BCUT2D eigenvalue weighted by molar-refractivity contribution is 5.50. The zero-order chi connectivity index (χ0) is 16.0. The Labute approximate surface area is 130 Å². The number of rotatable bonds is 8. The van der Waals surface area contributed by atoms with E-state index in [4.69, 9.17) is 4.98 Å². The number of hydrogen-bond acceptors (Lipinski definition) is 4. The molecule has 1 aromatic heterocycles. The zero-order valence-electron chi connectivity index (χ0n) is 14.8. The molecule has 0 atom stereocenters. The van der Waals surface area contributed by atoms with Crippen LogP contribution in [0.4, 0.5) is 11.6 Å². The summed E-state index contributed by atoms with van der Waals surface area (Å²) in [5.74, 6) is 3.82. The second-order valence-corrected chi connectivity index (χ2v) is 6.39. The van der Waals surface area contributed by atoms with Crippen LogP contribution in [-0.4, -0.2) is 29.6 Å². The van der Waals surface area contributed by atoms with Gasteiger partial charge in [-0.15, -0.1) is 0 Å². The van der Waals surface area contributed by atoms with E-state index >= 15 is 0 Å². The van der Waals surface area contributed by atoms with Crippen molar-refractivity contribution in [3.05, 3.63) is 11.9 Å². The molecule has 0 unspecified atom stereocenters. The highest BCUT2D eigenvalue weighted by Crippen LogP contribution is 2.24. The Morgan fingerprint density at radius 1 is 1.10 bits per heavy atom. The minimum atomic E-state index is 0.333. The van der Waals surface area contributed by atoms with Gasteiger partial charge in [-0.05, 0) is 18.8 Å². The highest BCUT2D eigenvalue weighted by atomic mass is 15.2. The van der Waals surface area contributed by atoms with Crippen LogP contribution in [0.3, 0.4) is 0 Å². The number of aromatic nitrogens is 2. The Bertz CT molecular complexity index is 425. The third-order valence-corrected chi connectivity index (χ3v) is 3.74. The first-order valence-corrected chi connectivity index (χ1v) is 8.26. The molecular formula is C17H32N4. The molecule has 0 amide bonds. The topological polar surface area (TPSA) is 41.0 Å². The summed E-state index contributed by atoms with van der Waals surface area (Å²) < 4.78 is 0. The maximum absolute atomic E-state index is 4.83. The monoisotopic (exact) mass is 292 g/mol. The third-order valence-electron chi connectivity index (χ3n) is 3.74. The molecule has 1 heterocycles. The number of hydrogen-bond donors (Lipinski definition) is 1. The van der Waals surface area contributed by atoms with Crippen LogP contribution in [0.25, 0.3) is 0 Å². The Balaban J connectivity index is 3.24. The van der Waals surface area contributed by atoms with Crippen molar-refractivity contribution in [1.82, 2.24) is 9.97 Å². The van der Waals surface area contributed by atoms with E-state index in [1.165, 1.54) is 0 Å². The van der Waals surface area contributed by atoms with E-state index in [1.807, 2.05) is 7.05 Å². The van der Waals surface area contributed by atoms with Crippen molar-refractivity contribution in [2.75, 3.05) is 23.8 Å². The van der Waals surface area contributed by atoms with Crippen molar-refractivity contribution in [2.45, 2.75) is 66.3 Å². The fraction of sp³-hybridized carbons (Fsp3) is 0.765. The van der Waals surface area contributed by atoms with Gasteiger partial charge in [0.05, 0.1) is 0 Å². The maximum atomic E-state index is 4.83. The number of anilines is 2. The minimum absolute atomic E-state index is 0.333. The second kappa shape index (κ2) is 8.20. The first-order valence-electron chi connectivity index (χ1n) is 8.26. The molecule has 0 aliphatic rings. The first-order chi connectivity index (χ1) is 9.92. The van der Waals surface area contributed by atoms with Gasteiger partial charge in [-0.2, -0.15) is 0 Å². The highest BCUT2D eigenvalue weighted by Gasteiger charge is 2.20. The molecule has 21 heavy (non-hydrogen) atoms. The molecule has 1 rings (SSSR count). The Hall–Kier alpha value is -1.32. The van der Waals surface area contributed by atoms with Crippen molar-refractivity contribution in [2.24, 2.45) is 5.92 Å². The van der Waals surface area contributed by atoms with Crippen molar-refractivity contribution in [1.29, 1.82) is 0 Å². The van der Waals surface area contributed by atoms with Crippen LogP contribution in [0.15, 0.2) is 6.07 Å². The smallest absolute Gasteiger partial charge is 0.135 e. The minimum Gasteiger partial charge on any atom is -0.373 e. The lowest BCUT2D eigenvalue weighted by atomic mass is 10.1. The lowest BCUT2D eigenvalue weighted by Crippen LogP contribution is -2.38. The standard InChI is InChI=1S/C17H32N4/c1-8-14(9-2)21(11-12(3)4)16-10-15(18-7)19-17(20-16)13(5)6/h10,12-14H,8-9,11H2,1-7H3,(H,18,19,20). The molecule has 1 N–H and O–H groups in total. The van der Waals surface area contributed by atoms with Gasteiger partial charge in [0, 0.05) is 31.6 Å². The van der Waals surface area contributed by atoms with Gasteiger partial charge in [0.1, 0.15) is 17.5 Å². The summed E-state index contributed by atoms with van der Waals surface area (Å²) in [6.07, 6.45) is 2.28. The molecule has 0 saturated heterocycles.